The molecule has 0 rings (SSSR count). The van der Waals surface area contributed by atoms with E-state index in [-0.39, 0.29) is 17.7 Å². The zero-order valence-corrected chi connectivity index (χ0v) is 14.5. The maximum Gasteiger partial charge on any atom is 0.220 e. The highest BCUT2D eigenvalue weighted by atomic mass is 16.1. The van der Waals surface area contributed by atoms with Crippen molar-refractivity contribution >= 4 is 11.8 Å². The minimum absolute atomic E-state index is 0.0417. The third kappa shape index (κ3) is 31.6. The maximum atomic E-state index is 10.5. The van der Waals surface area contributed by atoms with Crippen molar-refractivity contribution in [2.45, 2.75) is 68.2 Å². The van der Waals surface area contributed by atoms with Crippen LogP contribution in [0.15, 0.2) is 0 Å². The van der Waals surface area contributed by atoms with Crippen molar-refractivity contribution in [1.29, 1.82) is 0 Å². The fourth-order valence-corrected chi connectivity index (χ4v) is 0.674. The van der Waals surface area contributed by atoms with Crippen LogP contribution in [0.1, 0.15) is 68.2 Å². The first kappa shape index (κ1) is 26.5. The lowest BCUT2D eigenvalue weighted by Crippen LogP contribution is -2.19. The van der Waals surface area contributed by atoms with Crippen LogP contribution in [0.4, 0.5) is 0 Å². The van der Waals surface area contributed by atoms with Gasteiger partial charge in [-0.05, 0) is 12.3 Å². The van der Waals surface area contributed by atoms with Gasteiger partial charge in [0, 0.05) is 19.4 Å². The average molecular weight is 276 g/mol. The first-order valence-electron chi connectivity index (χ1n) is 7.34. The Hall–Kier alpha value is -1.06. The number of carbonyl (C=O) groups excluding carboxylic acids is 2. The van der Waals surface area contributed by atoms with Crippen LogP contribution in [0.5, 0.6) is 0 Å². The largest absolute Gasteiger partial charge is 0.369 e. The van der Waals surface area contributed by atoms with Crippen molar-refractivity contribution in [3.05, 3.63) is 0 Å². The number of nitrogens with two attached hydrogens (primary N) is 1. The summed E-state index contributed by atoms with van der Waals surface area (Å²) in [6, 6.07) is 0. The molecule has 19 heavy (non-hydrogen) atoms. The van der Waals surface area contributed by atoms with Gasteiger partial charge in [0.25, 0.3) is 0 Å². The van der Waals surface area contributed by atoms with Crippen LogP contribution < -0.4 is 11.1 Å². The Kier molecular flexibility index (Phi) is 30.9. The van der Waals surface area contributed by atoms with E-state index in [1.807, 2.05) is 55.4 Å². The van der Waals surface area contributed by atoms with Gasteiger partial charge in [0.15, 0.2) is 0 Å². The Morgan fingerprint density at radius 2 is 1.42 bits per heavy atom. The topological polar surface area (TPSA) is 72.2 Å². The van der Waals surface area contributed by atoms with Gasteiger partial charge in [-0.15, -0.1) is 0 Å². The van der Waals surface area contributed by atoms with E-state index in [0.717, 1.165) is 6.42 Å². The van der Waals surface area contributed by atoms with E-state index in [9.17, 15) is 9.59 Å². The molecule has 0 aliphatic carbocycles. The summed E-state index contributed by atoms with van der Waals surface area (Å²) in [5.74, 6) is 0.428. The molecule has 0 spiro atoms. The second-order valence-corrected chi connectivity index (χ2v) is 3.98. The van der Waals surface area contributed by atoms with Gasteiger partial charge < -0.3 is 11.1 Å². The molecule has 0 aromatic heterocycles. The van der Waals surface area contributed by atoms with E-state index in [4.69, 9.17) is 5.73 Å². The van der Waals surface area contributed by atoms with Crippen LogP contribution in [-0.4, -0.2) is 18.9 Å². The van der Waals surface area contributed by atoms with Crippen LogP contribution in [0.3, 0.4) is 0 Å². The molecular formula is C15H36N2O2. The SMILES string of the molecule is CC.CC.CCC(C)C(N)=O.CNC(=O)CC(C)C. The summed E-state index contributed by atoms with van der Waals surface area (Å²) >= 11 is 0. The lowest BCUT2D eigenvalue weighted by atomic mass is 10.1. The minimum Gasteiger partial charge on any atom is -0.369 e. The second kappa shape index (κ2) is 22.1. The smallest absolute Gasteiger partial charge is 0.220 e. The molecule has 1 atom stereocenters. The Bertz CT molecular complexity index is 193. The van der Waals surface area contributed by atoms with Crippen LogP contribution in [0, 0.1) is 11.8 Å². The van der Waals surface area contributed by atoms with E-state index in [1.54, 1.807) is 7.05 Å². The Morgan fingerprint density at radius 1 is 1.05 bits per heavy atom. The second-order valence-electron chi connectivity index (χ2n) is 3.98. The van der Waals surface area contributed by atoms with Crippen molar-refractivity contribution in [1.82, 2.24) is 5.32 Å². The third-order valence-electron chi connectivity index (χ3n) is 1.97. The zero-order chi connectivity index (χ0) is 16.4. The molecule has 0 saturated heterocycles. The van der Waals surface area contributed by atoms with E-state index in [2.05, 4.69) is 5.32 Å². The number of hydrogen-bond acceptors (Lipinski definition) is 2. The molecule has 0 saturated carbocycles. The molecule has 4 heteroatoms. The number of primary amides is 1. The summed E-state index contributed by atoms with van der Waals surface area (Å²) in [7, 11) is 1.66. The van der Waals surface area contributed by atoms with Gasteiger partial charge in [0.05, 0.1) is 0 Å². The standard InChI is InChI=1S/C6H13NO.C5H11NO.2C2H6/c1-5(2)4-6(8)7-3;1-3-4(2)5(6)7;2*1-2/h5H,4H2,1-3H3,(H,7,8);4H,3H2,1-2H3,(H2,6,7);2*1-2H3. The van der Waals surface area contributed by atoms with Crippen LogP contribution in [0.25, 0.3) is 0 Å². The van der Waals surface area contributed by atoms with Gasteiger partial charge in [-0.25, -0.2) is 0 Å². The highest BCUT2D eigenvalue weighted by Gasteiger charge is 2.02. The van der Waals surface area contributed by atoms with Crippen molar-refractivity contribution in [3.63, 3.8) is 0 Å². The van der Waals surface area contributed by atoms with Gasteiger partial charge in [0.1, 0.15) is 0 Å². The molecule has 2 amide bonds. The molecule has 3 N–H and O–H groups in total. The predicted octanol–water partition coefficient (Wildman–Crippen LogP) is 3.35. The summed E-state index contributed by atoms with van der Waals surface area (Å²) in [4.78, 5) is 20.7. The molecule has 1 unspecified atom stereocenters. The van der Waals surface area contributed by atoms with E-state index in [0.29, 0.717) is 12.3 Å². The fourth-order valence-electron chi connectivity index (χ4n) is 0.674. The quantitative estimate of drug-likeness (QED) is 0.826. The lowest BCUT2D eigenvalue weighted by Gasteiger charge is -2.00. The monoisotopic (exact) mass is 276 g/mol. The molecule has 0 aromatic rings. The molecular weight excluding hydrogens is 240 g/mol. The summed E-state index contributed by atoms with van der Waals surface area (Å²) in [5, 5.41) is 2.56. The highest BCUT2D eigenvalue weighted by Crippen LogP contribution is 1.97. The molecule has 118 valence electrons. The van der Waals surface area contributed by atoms with E-state index < -0.39 is 0 Å². The van der Waals surface area contributed by atoms with E-state index >= 15 is 0 Å². The molecule has 0 aliphatic rings. The van der Waals surface area contributed by atoms with Gasteiger partial charge in [-0.1, -0.05) is 55.4 Å². The van der Waals surface area contributed by atoms with Crippen molar-refractivity contribution in [3.8, 4) is 0 Å². The van der Waals surface area contributed by atoms with Crippen LogP contribution >= 0.6 is 0 Å². The number of carbonyl (C=O) groups is 2. The highest BCUT2D eigenvalue weighted by molar-refractivity contribution is 5.76. The Labute approximate surface area is 120 Å². The zero-order valence-electron chi connectivity index (χ0n) is 14.5. The molecule has 0 aliphatic heterocycles. The molecule has 0 aromatic carbocycles. The number of nitrogens with one attached hydrogen (secondary N) is 1. The average Bonchev–Trinajstić information content (AvgIpc) is 2.42. The van der Waals surface area contributed by atoms with Gasteiger partial charge >= 0.3 is 0 Å². The molecule has 0 radical (unpaired) electrons. The first-order valence-corrected chi connectivity index (χ1v) is 7.34. The summed E-state index contributed by atoms with van der Waals surface area (Å²) in [6.07, 6.45) is 1.48. The Morgan fingerprint density at radius 3 is 1.47 bits per heavy atom. The molecule has 0 fully saturated rings. The summed E-state index contributed by atoms with van der Waals surface area (Å²) < 4.78 is 0. The summed E-state index contributed by atoms with van der Waals surface area (Å²) in [6.45, 7) is 15.8. The Balaban J connectivity index is -0.0000000941. The molecule has 4 nitrogen and oxygen atoms in total. The molecule has 0 heterocycles. The number of rotatable bonds is 4. The van der Waals surface area contributed by atoms with Crippen LogP contribution in [-0.2, 0) is 9.59 Å². The van der Waals surface area contributed by atoms with Crippen molar-refractivity contribution in [2.24, 2.45) is 17.6 Å². The first-order chi connectivity index (χ1) is 8.84. The predicted molar refractivity (Wildman–Crippen MR) is 84.9 cm³/mol. The maximum absolute atomic E-state index is 10.5. The van der Waals surface area contributed by atoms with Gasteiger partial charge in [0.2, 0.25) is 11.8 Å². The normalized spacial score (nSPS) is 9.58. The van der Waals surface area contributed by atoms with Crippen LogP contribution in [0.2, 0.25) is 0 Å². The molecule has 0 bridgehead atoms. The number of amides is 2. The van der Waals surface area contributed by atoms with Gasteiger partial charge in [-0.3, -0.25) is 9.59 Å². The minimum atomic E-state index is -0.206. The van der Waals surface area contributed by atoms with Gasteiger partial charge in [-0.2, -0.15) is 0 Å². The third-order valence-corrected chi connectivity index (χ3v) is 1.97. The summed E-state index contributed by atoms with van der Waals surface area (Å²) in [5.41, 5.74) is 4.91. The van der Waals surface area contributed by atoms with Crippen molar-refractivity contribution in [2.75, 3.05) is 7.05 Å². The lowest BCUT2D eigenvalue weighted by molar-refractivity contribution is -0.122. The van der Waals surface area contributed by atoms with Crippen molar-refractivity contribution < 1.29 is 9.59 Å². The van der Waals surface area contributed by atoms with E-state index in [1.165, 1.54) is 0 Å². The fraction of sp³-hybridized carbons (Fsp3) is 0.867. The number of hydrogen-bond donors (Lipinski definition) is 2.